The number of ether oxygens (including phenoxy) is 1. The molecule has 0 amide bonds. The van der Waals surface area contributed by atoms with Crippen molar-refractivity contribution < 1.29 is 14.6 Å². The van der Waals surface area contributed by atoms with Crippen LogP contribution in [0, 0.1) is 0 Å². The fourth-order valence-electron chi connectivity index (χ4n) is 1.74. The van der Waals surface area contributed by atoms with Crippen LogP contribution < -0.4 is 4.74 Å². The number of hydrogen-bond acceptors (Lipinski definition) is 2. The molecule has 2 aromatic rings. The molecule has 0 aliphatic carbocycles. The highest BCUT2D eigenvalue weighted by Crippen LogP contribution is 2.30. The van der Waals surface area contributed by atoms with Crippen molar-refractivity contribution in [1.29, 1.82) is 0 Å². The second-order valence-electron chi connectivity index (χ2n) is 3.70. The molecule has 0 fully saturated rings. The Morgan fingerprint density at radius 1 is 1.35 bits per heavy atom. The van der Waals surface area contributed by atoms with E-state index in [0.717, 1.165) is 26.6 Å². The highest BCUT2D eigenvalue weighted by Gasteiger charge is 2.08. The molecular formula is C13H11BrO3. The minimum Gasteiger partial charge on any atom is -0.497 e. The molecule has 0 atom stereocenters. The van der Waals surface area contributed by atoms with Gasteiger partial charge in [-0.05, 0) is 50.5 Å². The molecule has 0 aliphatic heterocycles. The van der Waals surface area contributed by atoms with Crippen molar-refractivity contribution >= 4 is 32.7 Å². The van der Waals surface area contributed by atoms with Crippen molar-refractivity contribution in [1.82, 2.24) is 0 Å². The Bertz CT molecular complexity index is 578. The van der Waals surface area contributed by atoms with Crippen molar-refractivity contribution in [3.05, 3.63) is 40.4 Å². The fraction of sp³-hybridized carbons (Fsp3) is 0.154. The number of aliphatic carboxylic acids is 1. The van der Waals surface area contributed by atoms with Gasteiger partial charge in [-0.25, -0.2) is 0 Å². The van der Waals surface area contributed by atoms with Crippen molar-refractivity contribution in [3.8, 4) is 5.75 Å². The van der Waals surface area contributed by atoms with E-state index < -0.39 is 5.97 Å². The molecule has 0 spiro atoms. The lowest BCUT2D eigenvalue weighted by Gasteiger charge is -2.07. The normalized spacial score (nSPS) is 10.5. The molecular weight excluding hydrogens is 284 g/mol. The first-order valence-electron chi connectivity index (χ1n) is 5.08. The predicted octanol–water partition coefficient (Wildman–Crippen LogP) is 3.24. The number of carboxylic acids is 1. The number of carboxylic acid groups (broad SMARTS) is 1. The molecule has 17 heavy (non-hydrogen) atoms. The summed E-state index contributed by atoms with van der Waals surface area (Å²) in [6.45, 7) is 0. The standard InChI is InChI=1S/C13H11BrO3/c1-17-10-4-5-11-8(6-10)2-3-9(13(11)14)7-12(15)16/h2-6H,7H2,1H3,(H,15,16). The zero-order valence-electron chi connectivity index (χ0n) is 9.24. The molecule has 3 nitrogen and oxygen atoms in total. The van der Waals surface area contributed by atoms with Gasteiger partial charge in [0.25, 0.3) is 0 Å². The zero-order chi connectivity index (χ0) is 12.4. The SMILES string of the molecule is COc1ccc2c(Br)c(CC(=O)O)ccc2c1. The maximum atomic E-state index is 10.7. The summed E-state index contributed by atoms with van der Waals surface area (Å²) in [4.78, 5) is 10.7. The van der Waals surface area contributed by atoms with Crippen LogP contribution >= 0.6 is 15.9 Å². The number of methoxy groups -OCH3 is 1. The van der Waals surface area contributed by atoms with Crippen molar-refractivity contribution in [3.63, 3.8) is 0 Å². The minimum absolute atomic E-state index is 0.0164. The third-order valence-electron chi connectivity index (χ3n) is 2.58. The molecule has 0 saturated heterocycles. The molecule has 0 aliphatic rings. The van der Waals surface area contributed by atoms with Crippen molar-refractivity contribution in [2.45, 2.75) is 6.42 Å². The van der Waals surface area contributed by atoms with Gasteiger partial charge in [-0.2, -0.15) is 0 Å². The van der Waals surface area contributed by atoms with E-state index in [1.54, 1.807) is 7.11 Å². The zero-order valence-corrected chi connectivity index (χ0v) is 10.8. The lowest BCUT2D eigenvalue weighted by Crippen LogP contribution is -2.00. The summed E-state index contributed by atoms with van der Waals surface area (Å²) in [5, 5.41) is 10.8. The summed E-state index contributed by atoms with van der Waals surface area (Å²) in [5.41, 5.74) is 0.773. The summed E-state index contributed by atoms with van der Waals surface area (Å²) in [5.74, 6) is -0.0473. The molecule has 0 unspecified atom stereocenters. The van der Waals surface area contributed by atoms with E-state index in [0.29, 0.717) is 0 Å². The largest absolute Gasteiger partial charge is 0.497 e. The highest BCUT2D eigenvalue weighted by molar-refractivity contribution is 9.10. The Morgan fingerprint density at radius 3 is 2.76 bits per heavy atom. The van der Waals surface area contributed by atoms with E-state index in [2.05, 4.69) is 15.9 Å². The summed E-state index contributed by atoms with van der Waals surface area (Å²) in [6, 6.07) is 9.42. The molecule has 0 saturated carbocycles. The van der Waals surface area contributed by atoms with Gasteiger partial charge in [0.2, 0.25) is 0 Å². The van der Waals surface area contributed by atoms with Gasteiger partial charge in [0.15, 0.2) is 0 Å². The van der Waals surface area contributed by atoms with Crippen LogP contribution in [0.25, 0.3) is 10.8 Å². The lowest BCUT2D eigenvalue weighted by molar-refractivity contribution is -0.136. The third kappa shape index (κ3) is 2.42. The number of benzene rings is 2. The first-order valence-corrected chi connectivity index (χ1v) is 5.88. The second-order valence-corrected chi connectivity index (χ2v) is 4.49. The molecule has 0 radical (unpaired) electrons. The van der Waals surface area contributed by atoms with Gasteiger partial charge < -0.3 is 9.84 Å². The van der Waals surface area contributed by atoms with Gasteiger partial charge >= 0.3 is 5.97 Å². The fourth-order valence-corrected chi connectivity index (χ4v) is 2.37. The van der Waals surface area contributed by atoms with Crippen LogP contribution in [0.2, 0.25) is 0 Å². The maximum Gasteiger partial charge on any atom is 0.307 e. The van der Waals surface area contributed by atoms with Crippen LogP contribution in [0.5, 0.6) is 5.75 Å². The number of carbonyl (C=O) groups is 1. The first-order chi connectivity index (χ1) is 8.11. The van der Waals surface area contributed by atoms with Crippen LogP contribution in [0.1, 0.15) is 5.56 Å². The molecule has 1 N–H and O–H groups in total. The minimum atomic E-state index is -0.835. The number of hydrogen-bond donors (Lipinski definition) is 1. The molecule has 0 aromatic heterocycles. The van der Waals surface area contributed by atoms with Gasteiger partial charge in [0.05, 0.1) is 13.5 Å². The second kappa shape index (κ2) is 4.75. The number of rotatable bonds is 3. The smallest absolute Gasteiger partial charge is 0.307 e. The Hall–Kier alpha value is -1.55. The summed E-state index contributed by atoms with van der Waals surface area (Å²) >= 11 is 3.45. The van der Waals surface area contributed by atoms with Crippen LogP contribution in [-0.2, 0) is 11.2 Å². The average Bonchev–Trinajstić information content (AvgIpc) is 2.32. The molecule has 0 heterocycles. The quantitative estimate of drug-likeness (QED) is 0.945. The van der Waals surface area contributed by atoms with E-state index in [1.807, 2.05) is 30.3 Å². The van der Waals surface area contributed by atoms with E-state index in [9.17, 15) is 4.79 Å². The van der Waals surface area contributed by atoms with Gasteiger partial charge in [0, 0.05) is 4.47 Å². The van der Waals surface area contributed by atoms with E-state index >= 15 is 0 Å². The Morgan fingerprint density at radius 2 is 2.12 bits per heavy atom. The first kappa shape index (κ1) is 11.9. The van der Waals surface area contributed by atoms with E-state index in [-0.39, 0.29) is 6.42 Å². The monoisotopic (exact) mass is 294 g/mol. The van der Waals surface area contributed by atoms with E-state index in [1.165, 1.54) is 0 Å². The Kier molecular flexibility index (Phi) is 3.33. The predicted molar refractivity (Wildman–Crippen MR) is 69.5 cm³/mol. The third-order valence-corrected chi connectivity index (χ3v) is 3.52. The number of fused-ring (bicyclic) bond motifs is 1. The summed E-state index contributed by atoms with van der Waals surface area (Å²) in [6.07, 6.45) is 0.0164. The van der Waals surface area contributed by atoms with Gasteiger partial charge in [-0.3, -0.25) is 4.79 Å². The molecule has 4 heteroatoms. The summed E-state index contributed by atoms with van der Waals surface area (Å²) in [7, 11) is 1.62. The number of halogens is 1. The summed E-state index contributed by atoms with van der Waals surface area (Å²) < 4.78 is 5.98. The maximum absolute atomic E-state index is 10.7. The van der Waals surface area contributed by atoms with Crippen LogP contribution in [0.4, 0.5) is 0 Å². The van der Waals surface area contributed by atoms with Gasteiger partial charge in [0.1, 0.15) is 5.75 Å². The molecule has 88 valence electrons. The van der Waals surface area contributed by atoms with E-state index in [4.69, 9.17) is 9.84 Å². The van der Waals surface area contributed by atoms with Gasteiger partial charge in [-0.15, -0.1) is 0 Å². The topological polar surface area (TPSA) is 46.5 Å². The van der Waals surface area contributed by atoms with Gasteiger partial charge in [-0.1, -0.05) is 12.1 Å². The highest BCUT2D eigenvalue weighted by atomic mass is 79.9. The van der Waals surface area contributed by atoms with Crippen LogP contribution in [0.15, 0.2) is 34.8 Å². The molecule has 2 aromatic carbocycles. The van der Waals surface area contributed by atoms with Crippen LogP contribution in [0.3, 0.4) is 0 Å². The lowest BCUT2D eigenvalue weighted by atomic mass is 10.0. The Balaban J connectivity index is 2.56. The Labute approximate surface area is 107 Å². The average molecular weight is 295 g/mol. The van der Waals surface area contributed by atoms with Crippen molar-refractivity contribution in [2.24, 2.45) is 0 Å². The van der Waals surface area contributed by atoms with Crippen LogP contribution in [-0.4, -0.2) is 18.2 Å². The van der Waals surface area contributed by atoms with Crippen molar-refractivity contribution in [2.75, 3.05) is 7.11 Å². The molecule has 0 bridgehead atoms. The molecule has 2 rings (SSSR count).